The van der Waals surface area contributed by atoms with Crippen molar-refractivity contribution in [2.24, 2.45) is 0 Å². The monoisotopic (exact) mass is 375 g/mol. The zero-order chi connectivity index (χ0) is 17.7. The second kappa shape index (κ2) is 5.93. The Bertz CT molecular complexity index is 990. The fraction of sp³-hybridized carbons (Fsp3) is 0.222. The van der Waals surface area contributed by atoms with Crippen LogP contribution in [-0.4, -0.2) is 29.2 Å². The molecule has 1 N–H and O–H groups in total. The number of para-hydroxylation sites is 1. The van der Waals surface area contributed by atoms with Crippen LogP contribution in [0.3, 0.4) is 0 Å². The number of benzene rings is 2. The van der Waals surface area contributed by atoms with Crippen molar-refractivity contribution < 1.29 is 9.53 Å². The fourth-order valence-corrected chi connectivity index (χ4v) is 4.20. The molecular formula is C18H15Cl2N3O2. The number of rotatable bonds is 2. The average molecular weight is 376 g/mol. The van der Waals surface area contributed by atoms with E-state index in [0.717, 1.165) is 16.6 Å². The molecule has 3 aromatic rings. The quantitative estimate of drug-likeness (QED) is 0.672. The highest BCUT2D eigenvalue weighted by atomic mass is 35.5. The molecule has 0 bridgehead atoms. The molecule has 7 heteroatoms. The molecule has 0 aliphatic carbocycles. The van der Waals surface area contributed by atoms with E-state index < -0.39 is 5.97 Å². The minimum absolute atomic E-state index is 0.0299. The molecular weight excluding hydrogens is 361 g/mol. The van der Waals surface area contributed by atoms with Crippen LogP contribution in [0.4, 0.5) is 5.95 Å². The standard InChI is InChI=1S/C18H15Cl2N3O2/c1-9-6-10(19)7-12(20)15(9)14-8-21-18-22-16-11(17(24)25-2)4-3-5-13(16)23(14)18/h3-7,14H,8H2,1-2H3,(H,21,22). The zero-order valence-corrected chi connectivity index (χ0v) is 15.1. The van der Waals surface area contributed by atoms with E-state index in [1.54, 1.807) is 12.1 Å². The Labute approximate surface area is 154 Å². The van der Waals surface area contributed by atoms with Gasteiger partial charge >= 0.3 is 5.97 Å². The van der Waals surface area contributed by atoms with Crippen molar-refractivity contribution in [2.75, 3.05) is 19.0 Å². The SMILES string of the molecule is COC(=O)c1cccc2c1nc1n2C(c2c(C)cc(Cl)cc2Cl)CN1. The number of aromatic nitrogens is 2. The minimum atomic E-state index is -0.403. The summed E-state index contributed by atoms with van der Waals surface area (Å²) in [6, 6.07) is 9.11. The van der Waals surface area contributed by atoms with E-state index in [2.05, 4.69) is 14.9 Å². The van der Waals surface area contributed by atoms with Crippen molar-refractivity contribution in [1.82, 2.24) is 9.55 Å². The summed E-state index contributed by atoms with van der Waals surface area (Å²) >= 11 is 12.6. The zero-order valence-electron chi connectivity index (χ0n) is 13.6. The second-order valence-electron chi connectivity index (χ2n) is 5.99. The molecule has 0 saturated heterocycles. The first-order chi connectivity index (χ1) is 12.0. The maximum atomic E-state index is 12.0. The molecule has 1 aliphatic rings. The summed E-state index contributed by atoms with van der Waals surface area (Å²) in [5.74, 6) is 0.307. The number of methoxy groups -OCH3 is 1. The lowest BCUT2D eigenvalue weighted by molar-refractivity contribution is 0.0603. The van der Waals surface area contributed by atoms with Gasteiger partial charge in [0, 0.05) is 16.6 Å². The van der Waals surface area contributed by atoms with Crippen molar-refractivity contribution >= 4 is 46.2 Å². The number of imidazole rings is 1. The molecule has 0 radical (unpaired) electrons. The summed E-state index contributed by atoms with van der Waals surface area (Å²) in [6.45, 7) is 2.66. The molecule has 0 fully saturated rings. The Kier molecular flexibility index (Phi) is 3.85. The number of carbonyl (C=O) groups is 1. The molecule has 0 spiro atoms. The maximum Gasteiger partial charge on any atom is 0.340 e. The number of nitrogens with zero attached hydrogens (tertiary/aromatic N) is 2. The molecule has 1 atom stereocenters. The topological polar surface area (TPSA) is 56.1 Å². The van der Waals surface area contributed by atoms with Crippen LogP contribution in [0.2, 0.25) is 10.0 Å². The molecule has 1 aliphatic heterocycles. The lowest BCUT2D eigenvalue weighted by Gasteiger charge is -2.18. The summed E-state index contributed by atoms with van der Waals surface area (Å²) < 4.78 is 6.94. The fourth-order valence-electron chi connectivity index (χ4n) is 3.48. The Balaban J connectivity index is 1.93. The van der Waals surface area contributed by atoms with Crippen LogP contribution >= 0.6 is 23.2 Å². The lowest BCUT2D eigenvalue weighted by Crippen LogP contribution is -2.12. The molecule has 4 rings (SSSR count). The molecule has 0 saturated carbocycles. The molecule has 5 nitrogen and oxygen atoms in total. The Hall–Kier alpha value is -2.24. The van der Waals surface area contributed by atoms with Gasteiger partial charge in [-0.2, -0.15) is 0 Å². The summed E-state index contributed by atoms with van der Waals surface area (Å²) in [7, 11) is 1.36. The van der Waals surface area contributed by atoms with Gasteiger partial charge in [-0.05, 0) is 42.3 Å². The van der Waals surface area contributed by atoms with E-state index >= 15 is 0 Å². The van der Waals surface area contributed by atoms with Crippen LogP contribution in [0.15, 0.2) is 30.3 Å². The number of ether oxygens (including phenoxy) is 1. The first-order valence-electron chi connectivity index (χ1n) is 7.80. The van der Waals surface area contributed by atoms with Crippen molar-refractivity contribution in [3.8, 4) is 0 Å². The highest BCUT2D eigenvalue weighted by molar-refractivity contribution is 6.35. The minimum Gasteiger partial charge on any atom is -0.465 e. The largest absolute Gasteiger partial charge is 0.465 e. The van der Waals surface area contributed by atoms with Gasteiger partial charge in [0.05, 0.1) is 24.2 Å². The first-order valence-corrected chi connectivity index (χ1v) is 8.55. The number of halogens is 2. The van der Waals surface area contributed by atoms with E-state index in [9.17, 15) is 4.79 Å². The van der Waals surface area contributed by atoms with Crippen molar-refractivity contribution in [3.63, 3.8) is 0 Å². The van der Waals surface area contributed by atoms with Gasteiger partial charge in [-0.3, -0.25) is 0 Å². The van der Waals surface area contributed by atoms with Crippen LogP contribution < -0.4 is 5.32 Å². The summed E-state index contributed by atoms with van der Waals surface area (Å²) in [4.78, 5) is 16.6. The highest BCUT2D eigenvalue weighted by Gasteiger charge is 2.30. The Morgan fingerprint density at radius 2 is 2.16 bits per heavy atom. The molecule has 1 aromatic heterocycles. The molecule has 2 aromatic carbocycles. The summed E-state index contributed by atoms with van der Waals surface area (Å²) in [5.41, 5.74) is 3.94. The molecule has 128 valence electrons. The number of hydrogen-bond donors (Lipinski definition) is 1. The second-order valence-corrected chi connectivity index (χ2v) is 6.83. The van der Waals surface area contributed by atoms with Crippen molar-refractivity contribution in [3.05, 3.63) is 57.1 Å². The van der Waals surface area contributed by atoms with Crippen LogP contribution in [0, 0.1) is 6.92 Å². The number of anilines is 1. The third kappa shape index (κ3) is 2.46. The van der Waals surface area contributed by atoms with Crippen LogP contribution in [0.25, 0.3) is 11.0 Å². The Morgan fingerprint density at radius 1 is 1.36 bits per heavy atom. The van der Waals surface area contributed by atoms with Crippen LogP contribution in [0.1, 0.15) is 27.5 Å². The van der Waals surface area contributed by atoms with Crippen LogP contribution in [0.5, 0.6) is 0 Å². The molecule has 1 unspecified atom stereocenters. The van der Waals surface area contributed by atoms with Crippen molar-refractivity contribution in [2.45, 2.75) is 13.0 Å². The first kappa shape index (κ1) is 16.2. The van der Waals surface area contributed by atoms with Gasteiger partial charge in [0.25, 0.3) is 0 Å². The smallest absolute Gasteiger partial charge is 0.340 e. The predicted molar refractivity (Wildman–Crippen MR) is 98.9 cm³/mol. The third-order valence-corrected chi connectivity index (χ3v) is 5.06. The molecule has 0 amide bonds. The van der Waals surface area contributed by atoms with E-state index in [1.165, 1.54) is 7.11 Å². The van der Waals surface area contributed by atoms with Crippen molar-refractivity contribution in [1.29, 1.82) is 0 Å². The number of hydrogen-bond acceptors (Lipinski definition) is 4. The Morgan fingerprint density at radius 3 is 2.88 bits per heavy atom. The lowest BCUT2D eigenvalue weighted by atomic mass is 10.0. The third-order valence-electron chi connectivity index (χ3n) is 4.53. The summed E-state index contributed by atoms with van der Waals surface area (Å²) in [6.07, 6.45) is 0. The predicted octanol–water partition coefficient (Wildman–Crippen LogP) is 4.45. The van der Waals surface area contributed by atoms with Gasteiger partial charge in [-0.1, -0.05) is 29.3 Å². The number of fused-ring (bicyclic) bond motifs is 3. The van der Waals surface area contributed by atoms with E-state index in [1.807, 2.05) is 25.1 Å². The molecule has 25 heavy (non-hydrogen) atoms. The summed E-state index contributed by atoms with van der Waals surface area (Å²) in [5, 5.41) is 4.53. The van der Waals surface area contributed by atoms with Gasteiger partial charge in [0.2, 0.25) is 5.95 Å². The number of carbonyl (C=O) groups excluding carboxylic acids is 1. The number of aryl methyl sites for hydroxylation is 1. The highest BCUT2D eigenvalue weighted by Crippen LogP contribution is 2.39. The van der Waals surface area contributed by atoms with Gasteiger partial charge in [0.15, 0.2) is 0 Å². The number of esters is 1. The molecule has 2 heterocycles. The van der Waals surface area contributed by atoms with Gasteiger partial charge in [0.1, 0.15) is 5.52 Å². The average Bonchev–Trinajstić information content (AvgIpc) is 3.13. The van der Waals surface area contributed by atoms with Crippen LogP contribution in [-0.2, 0) is 4.74 Å². The normalized spacial score (nSPS) is 15.9. The van der Waals surface area contributed by atoms with E-state index in [4.69, 9.17) is 27.9 Å². The van der Waals surface area contributed by atoms with E-state index in [0.29, 0.717) is 33.6 Å². The van der Waals surface area contributed by atoms with Gasteiger partial charge in [-0.25, -0.2) is 9.78 Å². The van der Waals surface area contributed by atoms with Gasteiger partial charge in [-0.15, -0.1) is 0 Å². The maximum absolute atomic E-state index is 12.0. The van der Waals surface area contributed by atoms with E-state index in [-0.39, 0.29) is 6.04 Å². The van der Waals surface area contributed by atoms with Gasteiger partial charge < -0.3 is 14.6 Å². The number of nitrogens with one attached hydrogen (secondary N) is 1.